The van der Waals surface area contributed by atoms with Crippen molar-refractivity contribution in [3.8, 4) is 0 Å². The van der Waals surface area contributed by atoms with E-state index in [9.17, 15) is 0 Å². The number of nitrogens with two attached hydrogens (primary N) is 1. The standard InChI is InChI=1S/C8H14N4S/c9-5-7-10-8(12-11-7)6-1-3-13-4-2-6/h6H,1-5,9H2,(H,10,11,12). The van der Waals surface area contributed by atoms with E-state index in [1.54, 1.807) is 0 Å². The van der Waals surface area contributed by atoms with Gasteiger partial charge in [-0.15, -0.1) is 0 Å². The summed E-state index contributed by atoms with van der Waals surface area (Å²) < 4.78 is 0. The van der Waals surface area contributed by atoms with Crippen LogP contribution in [0.25, 0.3) is 0 Å². The Hall–Kier alpha value is -0.550. The van der Waals surface area contributed by atoms with Crippen LogP contribution >= 0.6 is 11.8 Å². The predicted octanol–water partition coefficient (Wildman–Crippen LogP) is 0.874. The lowest BCUT2D eigenvalue weighted by atomic mass is 10.0. The monoisotopic (exact) mass is 198 g/mol. The van der Waals surface area contributed by atoms with E-state index in [2.05, 4.69) is 15.2 Å². The van der Waals surface area contributed by atoms with Crippen LogP contribution in [0.3, 0.4) is 0 Å². The van der Waals surface area contributed by atoms with E-state index in [1.807, 2.05) is 11.8 Å². The van der Waals surface area contributed by atoms with Crippen molar-refractivity contribution in [1.29, 1.82) is 0 Å². The molecule has 2 rings (SSSR count). The van der Waals surface area contributed by atoms with Crippen molar-refractivity contribution in [1.82, 2.24) is 15.2 Å². The second kappa shape index (κ2) is 4.11. The molecular formula is C8H14N4S. The van der Waals surface area contributed by atoms with Crippen molar-refractivity contribution in [3.05, 3.63) is 11.6 Å². The quantitative estimate of drug-likeness (QED) is 0.740. The third-order valence-corrected chi connectivity index (χ3v) is 3.38. The van der Waals surface area contributed by atoms with Gasteiger partial charge >= 0.3 is 0 Å². The normalized spacial score (nSPS) is 19.2. The molecule has 0 radical (unpaired) electrons. The molecule has 4 nitrogen and oxygen atoms in total. The van der Waals surface area contributed by atoms with E-state index in [0.29, 0.717) is 12.5 Å². The maximum absolute atomic E-state index is 5.45. The van der Waals surface area contributed by atoms with Gasteiger partial charge in [0.15, 0.2) is 5.82 Å². The summed E-state index contributed by atoms with van der Waals surface area (Å²) >= 11 is 2.02. The van der Waals surface area contributed by atoms with Crippen molar-refractivity contribution in [2.75, 3.05) is 11.5 Å². The van der Waals surface area contributed by atoms with Gasteiger partial charge in [-0.1, -0.05) is 0 Å². The van der Waals surface area contributed by atoms with Crippen molar-refractivity contribution in [2.45, 2.75) is 25.3 Å². The van der Waals surface area contributed by atoms with E-state index >= 15 is 0 Å². The molecule has 0 bridgehead atoms. The van der Waals surface area contributed by atoms with Crippen LogP contribution < -0.4 is 5.73 Å². The second-order valence-corrected chi connectivity index (χ2v) is 4.46. The molecule has 1 aliphatic rings. The molecule has 0 aromatic carbocycles. The molecule has 0 saturated carbocycles. The maximum atomic E-state index is 5.45. The van der Waals surface area contributed by atoms with Crippen molar-refractivity contribution >= 4 is 11.8 Å². The average molecular weight is 198 g/mol. The minimum Gasteiger partial charge on any atom is -0.324 e. The molecule has 2 heterocycles. The first-order valence-corrected chi connectivity index (χ1v) is 5.74. The van der Waals surface area contributed by atoms with Crippen molar-refractivity contribution in [3.63, 3.8) is 0 Å². The van der Waals surface area contributed by atoms with Crippen LogP contribution in [0.4, 0.5) is 0 Å². The second-order valence-electron chi connectivity index (χ2n) is 3.23. The zero-order valence-corrected chi connectivity index (χ0v) is 8.31. The van der Waals surface area contributed by atoms with Gasteiger partial charge in [0.1, 0.15) is 5.82 Å². The summed E-state index contributed by atoms with van der Waals surface area (Å²) in [7, 11) is 0. The molecule has 72 valence electrons. The van der Waals surface area contributed by atoms with E-state index in [1.165, 1.54) is 24.3 Å². The van der Waals surface area contributed by atoms with Gasteiger partial charge in [0.25, 0.3) is 0 Å². The number of thioether (sulfide) groups is 1. The summed E-state index contributed by atoms with van der Waals surface area (Å²) in [5.41, 5.74) is 5.45. The third-order valence-electron chi connectivity index (χ3n) is 2.33. The molecule has 3 N–H and O–H groups in total. The van der Waals surface area contributed by atoms with E-state index < -0.39 is 0 Å². The summed E-state index contributed by atoms with van der Waals surface area (Å²) in [4.78, 5) is 4.35. The first kappa shape index (κ1) is 9.02. The first-order valence-electron chi connectivity index (χ1n) is 4.59. The Morgan fingerprint density at radius 1 is 1.46 bits per heavy atom. The molecule has 1 saturated heterocycles. The third kappa shape index (κ3) is 2.03. The zero-order valence-electron chi connectivity index (χ0n) is 7.49. The fourth-order valence-electron chi connectivity index (χ4n) is 1.54. The highest BCUT2D eigenvalue weighted by Crippen LogP contribution is 2.29. The summed E-state index contributed by atoms with van der Waals surface area (Å²) in [6.07, 6.45) is 2.40. The fourth-order valence-corrected chi connectivity index (χ4v) is 2.65. The summed E-state index contributed by atoms with van der Waals surface area (Å²) in [5, 5.41) is 7.05. The van der Waals surface area contributed by atoms with Crippen LogP contribution in [0.2, 0.25) is 0 Å². The van der Waals surface area contributed by atoms with Crippen LogP contribution in [0, 0.1) is 0 Å². The smallest absolute Gasteiger partial charge is 0.153 e. The van der Waals surface area contributed by atoms with Crippen LogP contribution in [0.15, 0.2) is 0 Å². The highest BCUT2D eigenvalue weighted by molar-refractivity contribution is 7.99. The molecule has 5 heteroatoms. The largest absolute Gasteiger partial charge is 0.324 e. The molecular weight excluding hydrogens is 184 g/mol. The van der Waals surface area contributed by atoms with Crippen molar-refractivity contribution < 1.29 is 0 Å². The Labute approximate surface area is 81.7 Å². The van der Waals surface area contributed by atoms with E-state index in [0.717, 1.165) is 11.6 Å². The topological polar surface area (TPSA) is 67.6 Å². The van der Waals surface area contributed by atoms with Gasteiger partial charge in [-0.2, -0.15) is 16.9 Å². The number of aromatic amines is 1. The number of hydrogen-bond donors (Lipinski definition) is 2. The predicted molar refractivity (Wildman–Crippen MR) is 53.6 cm³/mol. The van der Waals surface area contributed by atoms with Gasteiger partial charge in [-0.05, 0) is 24.3 Å². The molecule has 1 aliphatic heterocycles. The Bertz CT molecular complexity index is 267. The van der Waals surface area contributed by atoms with Crippen LogP contribution in [-0.4, -0.2) is 26.7 Å². The van der Waals surface area contributed by atoms with Gasteiger partial charge in [0.05, 0.1) is 6.54 Å². The lowest BCUT2D eigenvalue weighted by molar-refractivity contribution is 0.600. The molecule has 0 aliphatic carbocycles. The zero-order chi connectivity index (χ0) is 9.10. The lowest BCUT2D eigenvalue weighted by Crippen LogP contribution is -2.09. The molecule has 0 atom stereocenters. The number of H-pyrrole nitrogens is 1. The van der Waals surface area contributed by atoms with Crippen LogP contribution in [0.5, 0.6) is 0 Å². The molecule has 1 fully saturated rings. The molecule has 0 spiro atoms. The van der Waals surface area contributed by atoms with E-state index in [4.69, 9.17) is 5.73 Å². The SMILES string of the molecule is NCc1nc(C2CCSCC2)n[nH]1. The molecule has 13 heavy (non-hydrogen) atoms. The molecule has 0 unspecified atom stereocenters. The lowest BCUT2D eigenvalue weighted by Gasteiger charge is -2.17. The molecule has 1 aromatic heterocycles. The van der Waals surface area contributed by atoms with Gasteiger partial charge in [-0.25, -0.2) is 4.98 Å². The Balaban J connectivity index is 2.05. The molecule has 0 amide bonds. The minimum atomic E-state index is 0.453. The van der Waals surface area contributed by atoms with Gasteiger partial charge in [0.2, 0.25) is 0 Å². The van der Waals surface area contributed by atoms with Crippen molar-refractivity contribution in [2.24, 2.45) is 5.73 Å². The Morgan fingerprint density at radius 3 is 2.85 bits per heavy atom. The van der Waals surface area contributed by atoms with Crippen LogP contribution in [0.1, 0.15) is 30.4 Å². The summed E-state index contributed by atoms with van der Waals surface area (Å²) in [5.74, 6) is 4.78. The Kier molecular flexibility index (Phi) is 2.85. The van der Waals surface area contributed by atoms with Gasteiger partial charge in [-0.3, -0.25) is 5.10 Å². The highest BCUT2D eigenvalue weighted by Gasteiger charge is 2.19. The van der Waals surface area contributed by atoms with Gasteiger partial charge < -0.3 is 5.73 Å². The summed E-state index contributed by atoms with van der Waals surface area (Å²) in [6.45, 7) is 0.453. The fraction of sp³-hybridized carbons (Fsp3) is 0.750. The van der Waals surface area contributed by atoms with Gasteiger partial charge in [0, 0.05) is 5.92 Å². The first-order chi connectivity index (χ1) is 6.40. The number of nitrogens with zero attached hydrogens (tertiary/aromatic N) is 2. The highest BCUT2D eigenvalue weighted by atomic mass is 32.2. The van der Waals surface area contributed by atoms with Crippen LogP contribution in [-0.2, 0) is 6.54 Å². The minimum absolute atomic E-state index is 0.453. The number of aromatic nitrogens is 3. The average Bonchev–Trinajstić information content (AvgIpc) is 2.67. The summed E-state index contributed by atoms with van der Waals surface area (Å²) in [6, 6.07) is 0. The maximum Gasteiger partial charge on any atom is 0.153 e. The van der Waals surface area contributed by atoms with E-state index in [-0.39, 0.29) is 0 Å². The number of nitrogens with one attached hydrogen (secondary N) is 1. The Morgan fingerprint density at radius 2 is 2.23 bits per heavy atom. The number of rotatable bonds is 2. The molecule has 1 aromatic rings. The number of hydrogen-bond acceptors (Lipinski definition) is 4.